The number of aromatic nitrogens is 1. The zero-order valence-corrected chi connectivity index (χ0v) is 11.2. The van der Waals surface area contributed by atoms with Gasteiger partial charge in [-0.1, -0.05) is 6.07 Å². The molecule has 1 aliphatic rings. The summed E-state index contributed by atoms with van der Waals surface area (Å²) in [7, 11) is -0.969. The Labute approximate surface area is 107 Å². The molecule has 0 bridgehead atoms. The van der Waals surface area contributed by atoms with Gasteiger partial charge in [-0.05, 0) is 18.1 Å². The first-order chi connectivity index (χ1) is 8.02. The van der Waals surface area contributed by atoms with Gasteiger partial charge in [-0.2, -0.15) is 0 Å². The predicted octanol–water partition coefficient (Wildman–Crippen LogP) is 1.44. The molecule has 17 heavy (non-hydrogen) atoms. The van der Waals surface area contributed by atoms with Crippen molar-refractivity contribution in [3.8, 4) is 0 Å². The van der Waals surface area contributed by atoms with Crippen molar-refractivity contribution in [1.29, 1.82) is 0 Å². The van der Waals surface area contributed by atoms with Gasteiger partial charge in [-0.15, -0.1) is 11.6 Å². The van der Waals surface area contributed by atoms with Crippen molar-refractivity contribution in [2.24, 2.45) is 0 Å². The summed E-state index contributed by atoms with van der Waals surface area (Å²) in [4.78, 5) is 6.22. The first-order valence-electron chi connectivity index (χ1n) is 5.46. The lowest BCUT2D eigenvalue weighted by molar-refractivity contribution is 0.600. The second-order valence-electron chi connectivity index (χ2n) is 4.33. The molecule has 0 N–H and O–H groups in total. The van der Waals surface area contributed by atoms with Crippen LogP contribution in [0.25, 0.3) is 0 Å². The van der Waals surface area contributed by atoms with Gasteiger partial charge in [0.1, 0.15) is 5.82 Å². The Morgan fingerprint density at radius 2 is 2.29 bits per heavy atom. The Bertz CT molecular complexity index is 487. The molecule has 0 amide bonds. The standard InChI is InChI=1S/C11H15ClN2O2S/c1-14(10-4-5-17(15,16)8-10)11-3-2-9(6-12)7-13-11/h2-3,7,10H,4-6,8H2,1H3. The summed E-state index contributed by atoms with van der Waals surface area (Å²) < 4.78 is 22.8. The predicted molar refractivity (Wildman–Crippen MR) is 69.3 cm³/mol. The summed E-state index contributed by atoms with van der Waals surface area (Å²) in [5.74, 6) is 1.74. The van der Waals surface area contributed by atoms with E-state index >= 15 is 0 Å². The molecule has 2 heterocycles. The van der Waals surface area contributed by atoms with Gasteiger partial charge in [0.25, 0.3) is 0 Å². The van der Waals surface area contributed by atoms with Crippen LogP contribution in [0.5, 0.6) is 0 Å². The first kappa shape index (κ1) is 12.6. The minimum atomic E-state index is -2.85. The third kappa shape index (κ3) is 2.90. The SMILES string of the molecule is CN(c1ccc(CCl)cn1)C1CCS(=O)(=O)C1. The average molecular weight is 275 g/mol. The van der Waals surface area contributed by atoms with Crippen molar-refractivity contribution in [3.05, 3.63) is 23.9 Å². The lowest BCUT2D eigenvalue weighted by Crippen LogP contribution is -2.33. The molecular formula is C11H15ClN2O2S. The molecule has 0 radical (unpaired) electrons. The zero-order chi connectivity index (χ0) is 12.5. The molecular weight excluding hydrogens is 260 g/mol. The highest BCUT2D eigenvalue weighted by molar-refractivity contribution is 7.91. The van der Waals surface area contributed by atoms with Crippen molar-refractivity contribution in [3.63, 3.8) is 0 Å². The smallest absolute Gasteiger partial charge is 0.152 e. The van der Waals surface area contributed by atoms with Crippen LogP contribution in [0.1, 0.15) is 12.0 Å². The quantitative estimate of drug-likeness (QED) is 0.783. The van der Waals surface area contributed by atoms with Crippen LogP contribution in [0.4, 0.5) is 5.82 Å². The van der Waals surface area contributed by atoms with Crippen LogP contribution in [0.2, 0.25) is 0 Å². The zero-order valence-electron chi connectivity index (χ0n) is 9.63. The number of sulfone groups is 1. The molecule has 1 aromatic heterocycles. The molecule has 1 aromatic rings. The molecule has 0 aliphatic carbocycles. The van der Waals surface area contributed by atoms with Crippen molar-refractivity contribution in [1.82, 2.24) is 4.98 Å². The third-order valence-electron chi connectivity index (χ3n) is 3.08. The van der Waals surface area contributed by atoms with Gasteiger partial charge < -0.3 is 4.90 Å². The fourth-order valence-corrected chi connectivity index (χ4v) is 3.90. The van der Waals surface area contributed by atoms with Crippen LogP contribution in [-0.4, -0.2) is 38.0 Å². The van der Waals surface area contributed by atoms with Crippen LogP contribution in [0, 0.1) is 0 Å². The molecule has 6 heteroatoms. The van der Waals surface area contributed by atoms with Gasteiger partial charge in [0.2, 0.25) is 0 Å². The fourth-order valence-electron chi connectivity index (χ4n) is 1.97. The highest BCUT2D eigenvalue weighted by Crippen LogP contribution is 2.21. The molecule has 0 saturated carbocycles. The number of hydrogen-bond donors (Lipinski definition) is 0. The summed E-state index contributed by atoms with van der Waals surface area (Å²) in [5, 5.41) is 0. The van der Waals surface area contributed by atoms with E-state index < -0.39 is 9.84 Å². The van der Waals surface area contributed by atoms with Crippen LogP contribution < -0.4 is 4.90 Å². The second kappa shape index (κ2) is 4.82. The Kier molecular flexibility index (Phi) is 3.58. The highest BCUT2D eigenvalue weighted by Gasteiger charge is 2.31. The van der Waals surface area contributed by atoms with Gasteiger partial charge in [0.15, 0.2) is 9.84 Å². The molecule has 2 rings (SSSR count). The first-order valence-corrected chi connectivity index (χ1v) is 7.81. The van der Waals surface area contributed by atoms with Crippen LogP contribution >= 0.6 is 11.6 Å². The van der Waals surface area contributed by atoms with E-state index in [0.717, 1.165) is 11.4 Å². The molecule has 4 nitrogen and oxygen atoms in total. The number of alkyl halides is 1. The van der Waals surface area contributed by atoms with Gasteiger partial charge in [0.05, 0.1) is 11.5 Å². The fraction of sp³-hybridized carbons (Fsp3) is 0.545. The largest absolute Gasteiger partial charge is 0.356 e. The van der Waals surface area contributed by atoms with Crippen molar-refractivity contribution >= 4 is 27.3 Å². The van der Waals surface area contributed by atoms with Crippen molar-refractivity contribution < 1.29 is 8.42 Å². The summed E-state index contributed by atoms with van der Waals surface area (Å²) >= 11 is 5.69. The Morgan fingerprint density at radius 1 is 1.53 bits per heavy atom. The van der Waals surface area contributed by atoms with Gasteiger partial charge in [-0.25, -0.2) is 13.4 Å². The monoisotopic (exact) mass is 274 g/mol. The number of halogens is 1. The molecule has 1 aliphatic heterocycles. The van der Waals surface area contributed by atoms with Crippen molar-refractivity contribution in [2.45, 2.75) is 18.3 Å². The molecule has 1 saturated heterocycles. The number of hydrogen-bond acceptors (Lipinski definition) is 4. The van der Waals surface area contributed by atoms with E-state index in [1.54, 1.807) is 6.20 Å². The van der Waals surface area contributed by atoms with E-state index in [1.807, 2.05) is 24.1 Å². The van der Waals surface area contributed by atoms with Crippen molar-refractivity contribution in [2.75, 3.05) is 23.5 Å². The third-order valence-corrected chi connectivity index (χ3v) is 5.14. The molecule has 0 spiro atoms. The maximum Gasteiger partial charge on any atom is 0.152 e. The molecule has 1 fully saturated rings. The maximum absolute atomic E-state index is 11.4. The molecule has 0 aromatic carbocycles. The minimum absolute atomic E-state index is 0.0364. The summed E-state index contributed by atoms with van der Waals surface area (Å²) in [6, 6.07) is 3.83. The van der Waals surface area contributed by atoms with E-state index in [4.69, 9.17) is 11.6 Å². The van der Waals surface area contributed by atoms with E-state index in [9.17, 15) is 8.42 Å². The number of anilines is 1. The van der Waals surface area contributed by atoms with E-state index in [2.05, 4.69) is 4.98 Å². The lowest BCUT2D eigenvalue weighted by atomic mass is 10.2. The average Bonchev–Trinajstić information content (AvgIpc) is 2.69. The number of pyridine rings is 1. The Balaban J connectivity index is 2.11. The van der Waals surface area contributed by atoms with Gasteiger partial charge in [-0.3, -0.25) is 0 Å². The second-order valence-corrected chi connectivity index (χ2v) is 6.82. The molecule has 1 atom stereocenters. The molecule has 94 valence electrons. The normalized spacial score (nSPS) is 22.6. The Morgan fingerprint density at radius 3 is 2.76 bits per heavy atom. The maximum atomic E-state index is 11.4. The van der Waals surface area contributed by atoms with E-state index in [0.29, 0.717) is 12.3 Å². The van der Waals surface area contributed by atoms with Crippen LogP contribution in [0.15, 0.2) is 18.3 Å². The topological polar surface area (TPSA) is 50.3 Å². The molecule has 1 unspecified atom stereocenters. The van der Waals surface area contributed by atoms with Crippen LogP contribution in [0.3, 0.4) is 0 Å². The minimum Gasteiger partial charge on any atom is -0.356 e. The lowest BCUT2D eigenvalue weighted by Gasteiger charge is -2.24. The summed E-state index contributed by atoms with van der Waals surface area (Å²) in [5.41, 5.74) is 0.961. The van der Waals surface area contributed by atoms with E-state index in [1.165, 1.54) is 0 Å². The van der Waals surface area contributed by atoms with Crippen LogP contribution in [-0.2, 0) is 15.7 Å². The summed E-state index contributed by atoms with van der Waals surface area (Å²) in [6.45, 7) is 0. The van der Waals surface area contributed by atoms with E-state index in [-0.39, 0.29) is 17.5 Å². The van der Waals surface area contributed by atoms with Gasteiger partial charge in [0, 0.05) is 25.2 Å². The highest BCUT2D eigenvalue weighted by atomic mass is 35.5. The number of nitrogens with zero attached hydrogens (tertiary/aromatic N) is 2. The summed E-state index contributed by atoms with van der Waals surface area (Å²) in [6.07, 6.45) is 2.40. The Hall–Kier alpha value is -0.810. The van der Waals surface area contributed by atoms with Gasteiger partial charge >= 0.3 is 0 Å². The number of rotatable bonds is 3.